The van der Waals surface area contributed by atoms with Gasteiger partial charge in [-0.05, 0) is 12.1 Å². The summed E-state index contributed by atoms with van der Waals surface area (Å²) in [4.78, 5) is 14.4. The average molecular weight is 199 g/mol. The van der Waals surface area contributed by atoms with E-state index in [1.54, 1.807) is 0 Å². The summed E-state index contributed by atoms with van der Waals surface area (Å²) in [6.07, 6.45) is 0.368. The van der Waals surface area contributed by atoms with E-state index in [1.165, 1.54) is 25.4 Å². The van der Waals surface area contributed by atoms with E-state index < -0.39 is 17.9 Å². The highest BCUT2D eigenvalue weighted by Crippen LogP contribution is 2.05. The first kappa shape index (κ1) is 10.6. The summed E-state index contributed by atoms with van der Waals surface area (Å²) in [6, 6.07) is 2.39. The topological polar surface area (TPSA) is 59.4 Å². The molecule has 1 aromatic rings. The molecule has 1 N–H and O–H groups in total. The van der Waals surface area contributed by atoms with Crippen molar-refractivity contribution >= 4 is 5.97 Å². The maximum atomic E-state index is 12.7. The summed E-state index contributed by atoms with van der Waals surface area (Å²) in [7, 11) is 1.29. The van der Waals surface area contributed by atoms with Gasteiger partial charge in [-0.3, -0.25) is 4.98 Å². The van der Waals surface area contributed by atoms with E-state index in [-0.39, 0.29) is 6.42 Å². The second-order valence-corrected chi connectivity index (χ2v) is 2.73. The van der Waals surface area contributed by atoms with Gasteiger partial charge in [0.25, 0.3) is 0 Å². The number of hydrogen-bond donors (Lipinski definition) is 1. The SMILES string of the molecule is COC(Cc1cc(F)ccn1)C(=O)O. The molecular weight excluding hydrogens is 189 g/mol. The summed E-state index contributed by atoms with van der Waals surface area (Å²) >= 11 is 0. The number of carboxylic acid groups (broad SMARTS) is 1. The van der Waals surface area contributed by atoms with E-state index in [2.05, 4.69) is 4.98 Å². The van der Waals surface area contributed by atoms with Crippen molar-refractivity contribution in [1.29, 1.82) is 0 Å². The lowest BCUT2D eigenvalue weighted by Gasteiger charge is -2.09. The maximum absolute atomic E-state index is 12.7. The van der Waals surface area contributed by atoms with Crippen molar-refractivity contribution < 1.29 is 19.0 Å². The number of aliphatic carboxylic acids is 1. The molecular formula is C9H10FNO3. The molecule has 0 aliphatic rings. The minimum Gasteiger partial charge on any atom is -0.479 e. The fourth-order valence-corrected chi connectivity index (χ4v) is 1.02. The van der Waals surface area contributed by atoms with Gasteiger partial charge in [0.1, 0.15) is 5.82 Å². The number of pyridine rings is 1. The van der Waals surface area contributed by atoms with Crippen LogP contribution >= 0.6 is 0 Å². The van der Waals surface area contributed by atoms with Crippen molar-refractivity contribution in [2.45, 2.75) is 12.5 Å². The molecule has 1 unspecified atom stereocenters. The Morgan fingerprint density at radius 1 is 1.79 bits per heavy atom. The van der Waals surface area contributed by atoms with E-state index in [0.717, 1.165) is 0 Å². The number of methoxy groups -OCH3 is 1. The van der Waals surface area contributed by atoms with Crippen LogP contribution in [0.1, 0.15) is 5.69 Å². The van der Waals surface area contributed by atoms with Crippen LogP contribution < -0.4 is 0 Å². The first-order valence-corrected chi connectivity index (χ1v) is 3.99. The standard InChI is InChI=1S/C9H10FNO3/c1-14-8(9(12)13)5-7-4-6(10)2-3-11-7/h2-4,8H,5H2,1H3,(H,12,13). The van der Waals surface area contributed by atoms with Gasteiger partial charge in [-0.2, -0.15) is 0 Å². The van der Waals surface area contributed by atoms with Crippen LogP contribution in [-0.2, 0) is 16.0 Å². The third-order valence-electron chi connectivity index (χ3n) is 1.73. The van der Waals surface area contributed by atoms with Crippen molar-refractivity contribution in [3.05, 3.63) is 29.8 Å². The molecule has 0 saturated heterocycles. The summed E-state index contributed by atoms with van der Waals surface area (Å²) < 4.78 is 17.4. The van der Waals surface area contributed by atoms with E-state index in [0.29, 0.717) is 5.69 Å². The molecule has 0 aromatic carbocycles. The summed E-state index contributed by atoms with van der Waals surface area (Å²) in [5.74, 6) is -1.52. The van der Waals surface area contributed by atoms with E-state index >= 15 is 0 Å². The van der Waals surface area contributed by atoms with E-state index in [9.17, 15) is 9.18 Å². The van der Waals surface area contributed by atoms with E-state index in [4.69, 9.17) is 9.84 Å². The fourth-order valence-electron chi connectivity index (χ4n) is 1.02. The first-order valence-electron chi connectivity index (χ1n) is 3.99. The summed E-state index contributed by atoms with van der Waals surface area (Å²) in [5.41, 5.74) is 0.360. The predicted molar refractivity (Wildman–Crippen MR) is 46.3 cm³/mol. The molecule has 1 rings (SSSR count). The number of carbonyl (C=O) groups is 1. The highest BCUT2D eigenvalue weighted by atomic mass is 19.1. The second-order valence-electron chi connectivity index (χ2n) is 2.73. The molecule has 0 aliphatic heterocycles. The van der Waals surface area contributed by atoms with Crippen molar-refractivity contribution in [2.75, 3.05) is 7.11 Å². The zero-order valence-electron chi connectivity index (χ0n) is 7.61. The zero-order valence-corrected chi connectivity index (χ0v) is 7.61. The molecule has 0 amide bonds. The van der Waals surface area contributed by atoms with Crippen LogP contribution in [0.25, 0.3) is 0 Å². The lowest BCUT2D eigenvalue weighted by Crippen LogP contribution is -2.25. The Kier molecular flexibility index (Phi) is 3.53. The molecule has 0 bridgehead atoms. The largest absolute Gasteiger partial charge is 0.479 e. The maximum Gasteiger partial charge on any atom is 0.333 e. The molecule has 4 nitrogen and oxygen atoms in total. The molecule has 1 atom stereocenters. The zero-order chi connectivity index (χ0) is 10.6. The number of aromatic nitrogens is 1. The Labute approximate surface area is 80.3 Å². The number of nitrogens with zero attached hydrogens (tertiary/aromatic N) is 1. The Morgan fingerprint density at radius 2 is 2.50 bits per heavy atom. The highest BCUT2D eigenvalue weighted by Gasteiger charge is 2.17. The van der Waals surface area contributed by atoms with Gasteiger partial charge < -0.3 is 9.84 Å². The predicted octanol–water partition coefficient (Wildman–Crippen LogP) is 0.863. The summed E-state index contributed by atoms with van der Waals surface area (Å²) in [5, 5.41) is 8.66. The quantitative estimate of drug-likeness (QED) is 0.781. The Balaban J connectivity index is 2.72. The molecule has 0 fully saturated rings. The van der Waals surface area contributed by atoms with Gasteiger partial charge in [0.2, 0.25) is 0 Å². The smallest absolute Gasteiger partial charge is 0.333 e. The average Bonchev–Trinajstić information content (AvgIpc) is 2.14. The van der Waals surface area contributed by atoms with Crippen LogP contribution in [0.15, 0.2) is 18.3 Å². The molecule has 1 heterocycles. The van der Waals surface area contributed by atoms with Crippen LogP contribution in [-0.4, -0.2) is 29.3 Å². The van der Waals surface area contributed by atoms with Crippen molar-refractivity contribution in [2.24, 2.45) is 0 Å². The molecule has 0 spiro atoms. The van der Waals surface area contributed by atoms with Crippen molar-refractivity contribution in [1.82, 2.24) is 4.98 Å². The monoisotopic (exact) mass is 199 g/mol. The number of halogens is 1. The third-order valence-corrected chi connectivity index (χ3v) is 1.73. The molecule has 14 heavy (non-hydrogen) atoms. The number of carboxylic acids is 1. The molecule has 0 aliphatic carbocycles. The molecule has 1 aromatic heterocycles. The minimum absolute atomic E-state index is 0.0591. The van der Waals surface area contributed by atoms with Gasteiger partial charge in [-0.25, -0.2) is 9.18 Å². The third kappa shape index (κ3) is 2.77. The van der Waals surface area contributed by atoms with Crippen LogP contribution in [0.4, 0.5) is 4.39 Å². The van der Waals surface area contributed by atoms with Crippen molar-refractivity contribution in [3.63, 3.8) is 0 Å². The molecule has 0 radical (unpaired) electrons. The minimum atomic E-state index is -1.08. The molecule has 76 valence electrons. The lowest BCUT2D eigenvalue weighted by molar-refractivity contribution is -0.148. The van der Waals surface area contributed by atoms with Gasteiger partial charge in [-0.1, -0.05) is 0 Å². The van der Waals surface area contributed by atoms with Crippen LogP contribution in [0, 0.1) is 5.82 Å². The fraction of sp³-hybridized carbons (Fsp3) is 0.333. The Hall–Kier alpha value is -1.49. The van der Waals surface area contributed by atoms with Crippen LogP contribution in [0.2, 0.25) is 0 Å². The van der Waals surface area contributed by atoms with Gasteiger partial charge in [0.05, 0.1) is 0 Å². The molecule has 0 saturated carbocycles. The number of ether oxygens (including phenoxy) is 1. The Morgan fingerprint density at radius 3 is 3.00 bits per heavy atom. The van der Waals surface area contributed by atoms with Gasteiger partial charge >= 0.3 is 5.97 Å². The summed E-state index contributed by atoms with van der Waals surface area (Å²) in [6.45, 7) is 0. The van der Waals surface area contributed by atoms with Gasteiger partial charge in [0, 0.05) is 25.4 Å². The van der Waals surface area contributed by atoms with E-state index in [1.807, 2.05) is 0 Å². The van der Waals surface area contributed by atoms with Crippen LogP contribution in [0.3, 0.4) is 0 Å². The van der Waals surface area contributed by atoms with Gasteiger partial charge in [0.15, 0.2) is 6.10 Å². The second kappa shape index (κ2) is 4.66. The first-order chi connectivity index (χ1) is 6.63. The molecule has 5 heteroatoms. The number of rotatable bonds is 4. The lowest BCUT2D eigenvalue weighted by atomic mass is 10.2. The normalized spacial score (nSPS) is 12.4. The number of hydrogen-bond acceptors (Lipinski definition) is 3. The van der Waals surface area contributed by atoms with Gasteiger partial charge in [-0.15, -0.1) is 0 Å². The van der Waals surface area contributed by atoms with Crippen LogP contribution in [0.5, 0.6) is 0 Å². The highest BCUT2D eigenvalue weighted by molar-refractivity contribution is 5.72. The van der Waals surface area contributed by atoms with Crippen molar-refractivity contribution in [3.8, 4) is 0 Å². The Bertz CT molecular complexity index is 330.